The first-order chi connectivity index (χ1) is 7.76. The number of hydrogen-bond donors (Lipinski definition) is 1. The third kappa shape index (κ3) is 1.50. The predicted molar refractivity (Wildman–Crippen MR) is 63.3 cm³/mol. The monoisotopic (exact) mass is 259 g/mol. The molecule has 2 aliphatic heterocycles. The van der Waals surface area contributed by atoms with Crippen molar-refractivity contribution >= 4 is 23.6 Å². The number of esters is 1. The van der Waals surface area contributed by atoms with Crippen molar-refractivity contribution < 1.29 is 19.4 Å². The summed E-state index contributed by atoms with van der Waals surface area (Å²) in [7, 11) is 1.32. The fourth-order valence-electron chi connectivity index (χ4n) is 2.71. The number of amides is 1. The second-order valence-electron chi connectivity index (χ2n) is 5.09. The maximum Gasteiger partial charge on any atom is 0.330 e. The molecule has 0 radical (unpaired) electrons. The van der Waals surface area contributed by atoms with Crippen LogP contribution in [0.3, 0.4) is 0 Å². The second kappa shape index (κ2) is 3.62. The fourth-order valence-corrected chi connectivity index (χ4v) is 4.61. The number of fused-ring (bicyclic) bond motifs is 1. The second-order valence-corrected chi connectivity index (χ2v) is 7.06. The number of aliphatic hydroxyl groups excluding tert-OH is 1. The molecule has 0 bridgehead atoms. The molecule has 17 heavy (non-hydrogen) atoms. The van der Waals surface area contributed by atoms with Crippen LogP contribution in [0, 0.1) is 0 Å². The Labute approximate surface area is 104 Å². The minimum atomic E-state index is -0.667. The summed E-state index contributed by atoms with van der Waals surface area (Å²) < 4.78 is 4.32. The Bertz CT molecular complexity index is 382. The van der Waals surface area contributed by atoms with Crippen LogP contribution >= 0.6 is 11.8 Å². The molecule has 0 aromatic rings. The van der Waals surface area contributed by atoms with Crippen LogP contribution in [0.25, 0.3) is 0 Å². The smallest absolute Gasteiger partial charge is 0.330 e. The number of β-lactam (4-membered cyclic amide) rings is 1. The molecule has 2 fully saturated rings. The van der Waals surface area contributed by atoms with Crippen LogP contribution in [-0.2, 0) is 14.3 Å². The van der Waals surface area contributed by atoms with Gasteiger partial charge >= 0.3 is 5.97 Å². The van der Waals surface area contributed by atoms with Crippen molar-refractivity contribution in [1.82, 2.24) is 4.90 Å². The van der Waals surface area contributed by atoms with E-state index in [4.69, 9.17) is 4.74 Å². The third-order valence-corrected chi connectivity index (χ3v) is 5.30. The van der Waals surface area contributed by atoms with Gasteiger partial charge in [-0.25, -0.2) is 4.79 Å². The van der Waals surface area contributed by atoms with Crippen LogP contribution in [-0.4, -0.2) is 50.8 Å². The van der Waals surface area contributed by atoms with E-state index in [-0.39, 0.29) is 12.3 Å². The van der Waals surface area contributed by atoms with E-state index in [1.807, 2.05) is 13.8 Å². The van der Waals surface area contributed by atoms with Gasteiger partial charge in [0.05, 0.1) is 19.6 Å². The number of hydrogen-bond acceptors (Lipinski definition) is 5. The van der Waals surface area contributed by atoms with Crippen LogP contribution in [0.2, 0.25) is 0 Å². The lowest BCUT2D eigenvalue weighted by molar-refractivity contribution is -0.170. The lowest BCUT2D eigenvalue weighted by Gasteiger charge is -2.49. The average Bonchev–Trinajstić information content (AvgIpc) is 2.41. The molecule has 2 saturated heterocycles. The predicted octanol–water partition coefficient (Wildman–Crippen LogP) is 0.363. The maximum absolute atomic E-state index is 11.8. The minimum absolute atomic E-state index is 0.0978. The summed E-state index contributed by atoms with van der Waals surface area (Å²) in [6, 6.07) is -0.617. The van der Waals surface area contributed by atoms with Crippen LogP contribution < -0.4 is 0 Å². The van der Waals surface area contributed by atoms with Crippen molar-refractivity contribution in [2.75, 3.05) is 7.11 Å². The maximum atomic E-state index is 11.8. The Morgan fingerprint density at radius 1 is 1.65 bits per heavy atom. The normalized spacial score (nSPS) is 36.2. The third-order valence-electron chi connectivity index (χ3n) is 3.51. The van der Waals surface area contributed by atoms with E-state index in [0.29, 0.717) is 0 Å². The molecule has 2 aliphatic rings. The lowest BCUT2D eigenvalue weighted by atomic mass is 9.90. The number of carbonyl (C=O) groups is 2. The summed E-state index contributed by atoms with van der Waals surface area (Å²) in [5, 5.41) is 9.89. The molecule has 5 nitrogen and oxygen atoms in total. The number of nitrogens with zero attached hydrogens (tertiary/aromatic N) is 1. The molecular formula is C11H17NO4S. The highest BCUT2D eigenvalue weighted by Crippen LogP contribution is 2.59. The van der Waals surface area contributed by atoms with E-state index < -0.39 is 27.7 Å². The van der Waals surface area contributed by atoms with Gasteiger partial charge in [-0.1, -0.05) is 0 Å². The van der Waals surface area contributed by atoms with Gasteiger partial charge in [0, 0.05) is 4.75 Å². The first-order valence-electron chi connectivity index (χ1n) is 5.54. The molecule has 2 heterocycles. The van der Waals surface area contributed by atoms with Gasteiger partial charge in [0.15, 0.2) is 0 Å². The first-order valence-corrected chi connectivity index (χ1v) is 6.36. The summed E-state index contributed by atoms with van der Waals surface area (Å²) >= 11 is 1.48. The Morgan fingerprint density at radius 3 is 2.65 bits per heavy atom. The van der Waals surface area contributed by atoms with E-state index in [1.165, 1.54) is 23.8 Å². The van der Waals surface area contributed by atoms with Gasteiger partial charge in [0.1, 0.15) is 10.9 Å². The van der Waals surface area contributed by atoms with Gasteiger partial charge in [0.25, 0.3) is 0 Å². The molecule has 1 amide bonds. The van der Waals surface area contributed by atoms with Crippen molar-refractivity contribution in [3.63, 3.8) is 0 Å². The van der Waals surface area contributed by atoms with Crippen molar-refractivity contribution in [2.24, 2.45) is 0 Å². The van der Waals surface area contributed by atoms with Gasteiger partial charge in [-0.05, 0) is 20.8 Å². The SMILES string of the molecule is COC(=O)[C@@H]1N2C(=O)CC2(C(C)O)SC1(C)C. The van der Waals surface area contributed by atoms with Gasteiger partial charge in [-0.3, -0.25) is 4.79 Å². The minimum Gasteiger partial charge on any atom is -0.467 e. The summed E-state index contributed by atoms with van der Waals surface area (Å²) in [6.45, 7) is 5.45. The molecule has 0 aromatic carbocycles. The van der Waals surface area contributed by atoms with E-state index in [0.717, 1.165) is 0 Å². The average molecular weight is 259 g/mol. The molecule has 96 valence electrons. The van der Waals surface area contributed by atoms with Crippen molar-refractivity contribution in [3.05, 3.63) is 0 Å². The molecular weight excluding hydrogens is 242 g/mol. The van der Waals surface area contributed by atoms with Crippen molar-refractivity contribution in [1.29, 1.82) is 0 Å². The highest BCUT2D eigenvalue weighted by molar-refractivity contribution is 8.02. The Morgan fingerprint density at radius 2 is 2.24 bits per heavy atom. The van der Waals surface area contributed by atoms with Gasteiger partial charge in [-0.15, -0.1) is 11.8 Å². The van der Waals surface area contributed by atoms with Crippen molar-refractivity contribution in [3.8, 4) is 0 Å². The van der Waals surface area contributed by atoms with Gasteiger partial charge in [0.2, 0.25) is 5.91 Å². The lowest BCUT2D eigenvalue weighted by Crippen LogP contribution is -2.67. The highest BCUT2D eigenvalue weighted by Gasteiger charge is 2.69. The zero-order valence-corrected chi connectivity index (χ0v) is 11.2. The standard InChI is InChI=1S/C11H17NO4S/c1-6(13)11-5-7(14)12(11)8(9(15)16-4)10(2,3)17-11/h6,8,13H,5H2,1-4H3/t6?,8-,11?/m0/s1. The number of carbonyl (C=O) groups excluding carboxylic acids is 2. The topological polar surface area (TPSA) is 66.8 Å². The number of ether oxygens (including phenoxy) is 1. The molecule has 2 rings (SSSR count). The number of rotatable bonds is 2. The summed E-state index contributed by atoms with van der Waals surface area (Å²) in [5.74, 6) is -0.516. The van der Waals surface area contributed by atoms with E-state index in [2.05, 4.69) is 0 Å². The molecule has 2 unspecified atom stereocenters. The molecule has 0 aromatic heterocycles. The number of thioether (sulfide) groups is 1. The number of aliphatic hydroxyl groups is 1. The summed E-state index contributed by atoms with van der Waals surface area (Å²) in [5.41, 5.74) is 0. The van der Waals surface area contributed by atoms with Gasteiger partial charge < -0.3 is 14.7 Å². The number of methoxy groups -OCH3 is 1. The molecule has 6 heteroatoms. The first kappa shape index (κ1) is 12.7. The fraction of sp³-hybridized carbons (Fsp3) is 0.818. The molecule has 0 spiro atoms. The molecule has 3 atom stereocenters. The van der Waals surface area contributed by atoms with E-state index in [9.17, 15) is 14.7 Å². The zero-order valence-electron chi connectivity index (χ0n) is 10.4. The van der Waals surface area contributed by atoms with Crippen molar-refractivity contribution in [2.45, 2.75) is 49.0 Å². The zero-order chi connectivity index (χ0) is 13.0. The quantitative estimate of drug-likeness (QED) is 0.573. The largest absolute Gasteiger partial charge is 0.467 e. The van der Waals surface area contributed by atoms with E-state index >= 15 is 0 Å². The highest BCUT2D eigenvalue weighted by atomic mass is 32.2. The Kier molecular flexibility index (Phi) is 2.70. The van der Waals surface area contributed by atoms with Crippen LogP contribution in [0.1, 0.15) is 27.2 Å². The van der Waals surface area contributed by atoms with Crippen LogP contribution in [0.15, 0.2) is 0 Å². The molecule has 0 saturated carbocycles. The summed E-state index contributed by atoms with van der Waals surface area (Å²) in [4.78, 5) is 24.4. The van der Waals surface area contributed by atoms with Crippen LogP contribution in [0.4, 0.5) is 0 Å². The Hall–Kier alpha value is -0.750. The van der Waals surface area contributed by atoms with Crippen LogP contribution in [0.5, 0.6) is 0 Å². The van der Waals surface area contributed by atoms with E-state index in [1.54, 1.807) is 6.92 Å². The van der Waals surface area contributed by atoms with Gasteiger partial charge in [-0.2, -0.15) is 0 Å². The Balaban J connectivity index is 2.40. The molecule has 0 aliphatic carbocycles. The molecule has 1 N–H and O–H groups in total. The summed E-state index contributed by atoms with van der Waals surface area (Å²) in [6.07, 6.45) is -0.383.